The van der Waals surface area contributed by atoms with E-state index in [0.29, 0.717) is 6.54 Å². The molecule has 0 aliphatic heterocycles. The Hall–Kier alpha value is -2.10. The molecule has 0 aliphatic rings. The van der Waals surface area contributed by atoms with Gasteiger partial charge in [0.05, 0.1) is 13.7 Å². The molecule has 1 aromatic carbocycles. The van der Waals surface area contributed by atoms with Crippen LogP contribution in [0.5, 0.6) is 5.75 Å². The van der Waals surface area contributed by atoms with Crippen LogP contribution in [0.1, 0.15) is 5.82 Å². The fourth-order valence-corrected chi connectivity index (χ4v) is 1.31. The zero-order chi connectivity index (χ0) is 11.2. The largest absolute Gasteiger partial charge is 0.497 e. The molecule has 0 amide bonds. The van der Waals surface area contributed by atoms with E-state index in [4.69, 9.17) is 4.74 Å². The summed E-state index contributed by atoms with van der Waals surface area (Å²) < 4.78 is 5.08. The molecule has 0 radical (unpaired) electrons. The fraction of sp³-hybridized carbons (Fsp3) is 0.167. The predicted molar refractivity (Wildman–Crippen MR) is 62.4 cm³/mol. The first-order valence-electron chi connectivity index (χ1n) is 5.02. The van der Waals surface area contributed by atoms with E-state index in [-0.39, 0.29) is 0 Å². The number of hydrogen-bond acceptors (Lipinski definition) is 4. The predicted octanol–water partition coefficient (Wildman–Crippen LogP) is 2.10. The smallest absolute Gasteiger partial charge is 0.147 e. The number of aromatic nitrogens is 2. The second-order valence-corrected chi connectivity index (χ2v) is 3.25. The van der Waals surface area contributed by atoms with E-state index in [0.717, 1.165) is 17.3 Å². The van der Waals surface area contributed by atoms with Crippen LogP contribution in [0.3, 0.4) is 0 Å². The van der Waals surface area contributed by atoms with Gasteiger partial charge in [-0.05, 0) is 30.3 Å². The van der Waals surface area contributed by atoms with Gasteiger partial charge in [-0.15, -0.1) is 0 Å². The Bertz CT molecular complexity index is 428. The minimum atomic E-state index is 0.618. The van der Waals surface area contributed by atoms with E-state index in [1.54, 1.807) is 25.6 Å². The standard InChI is InChI=1S/C12H13N3O/c1-16-11-5-3-10(4-6-11)15-9-12-13-7-2-8-14-12/h2-8,15H,9H2,1H3. The summed E-state index contributed by atoms with van der Waals surface area (Å²) in [6.45, 7) is 0.618. The normalized spacial score (nSPS) is 9.81. The van der Waals surface area contributed by atoms with Gasteiger partial charge in [0.25, 0.3) is 0 Å². The third kappa shape index (κ3) is 2.70. The first-order chi connectivity index (χ1) is 7.88. The Morgan fingerprint density at radius 2 is 1.81 bits per heavy atom. The van der Waals surface area contributed by atoms with Crippen LogP contribution in [-0.4, -0.2) is 17.1 Å². The molecule has 82 valence electrons. The Labute approximate surface area is 94.3 Å². The molecule has 16 heavy (non-hydrogen) atoms. The maximum atomic E-state index is 5.08. The number of benzene rings is 1. The lowest BCUT2D eigenvalue weighted by molar-refractivity contribution is 0.415. The van der Waals surface area contributed by atoms with Gasteiger partial charge in [-0.25, -0.2) is 9.97 Å². The summed E-state index contributed by atoms with van der Waals surface area (Å²) in [7, 11) is 1.65. The van der Waals surface area contributed by atoms with Crippen LogP contribution in [0, 0.1) is 0 Å². The number of hydrogen-bond donors (Lipinski definition) is 1. The quantitative estimate of drug-likeness (QED) is 0.848. The SMILES string of the molecule is COc1ccc(NCc2ncccn2)cc1. The molecule has 2 aromatic rings. The van der Waals surface area contributed by atoms with Gasteiger partial charge < -0.3 is 10.1 Å². The molecule has 0 saturated heterocycles. The summed E-state index contributed by atoms with van der Waals surface area (Å²) in [5, 5.41) is 3.23. The fourth-order valence-electron chi connectivity index (χ4n) is 1.31. The molecule has 0 bridgehead atoms. The van der Waals surface area contributed by atoms with Crippen LogP contribution in [0.25, 0.3) is 0 Å². The molecule has 0 saturated carbocycles. The van der Waals surface area contributed by atoms with Crippen molar-refractivity contribution in [3.63, 3.8) is 0 Å². The average Bonchev–Trinajstić information content (AvgIpc) is 2.38. The third-order valence-electron chi connectivity index (χ3n) is 2.16. The van der Waals surface area contributed by atoms with Crippen LogP contribution in [0.4, 0.5) is 5.69 Å². The maximum absolute atomic E-state index is 5.08. The van der Waals surface area contributed by atoms with E-state index in [9.17, 15) is 0 Å². The summed E-state index contributed by atoms with van der Waals surface area (Å²) >= 11 is 0. The van der Waals surface area contributed by atoms with Crippen molar-refractivity contribution in [2.45, 2.75) is 6.54 Å². The van der Waals surface area contributed by atoms with Gasteiger partial charge in [-0.3, -0.25) is 0 Å². The number of methoxy groups -OCH3 is 1. The lowest BCUT2D eigenvalue weighted by Crippen LogP contribution is -2.03. The molecule has 0 atom stereocenters. The van der Waals surface area contributed by atoms with E-state index in [1.807, 2.05) is 24.3 Å². The summed E-state index contributed by atoms with van der Waals surface area (Å²) in [4.78, 5) is 8.26. The van der Waals surface area contributed by atoms with Crippen LogP contribution in [0.2, 0.25) is 0 Å². The van der Waals surface area contributed by atoms with Gasteiger partial charge in [-0.2, -0.15) is 0 Å². The van der Waals surface area contributed by atoms with Crippen LogP contribution >= 0.6 is 0 Å². The molecule has 0 unspecified atom stereocenters. The molecular formula is C12H13N3O. The zero-order valence-electron chi connectivity index (χ0n) is 9.05. The molecule has 4 nitrogen and oxygen atoms in total. The Balaban J connectivity index is 1.94. The van der Waals surface area contributed by atoms with Crippen molar-refractivity contribution in [3.8, 4) is 5.75 Å². The number of nitrogens with zero attached hydrogens (tertiary/aromatic N) is 2. The molecule has 2 rings (SSSR count). The van der Waals surface area contributed by atoms with Crippen molar-refractivity contribution in [2.24, 2.45) is 0 Å². The maximum Gasteiger partial charge on any atom is 0.147 e. The molecule has 1 heterocycles. The van der Waals surface area contributed by atoms with Crippen molar-refractivity contribution in [1.82, 2.24) is 9.97 Å². The van der Waals surface area contributed by atoms with E-state index < -0.39 is 0 Å². The molecule has 0 aliphatic carbocycles. The van der Waals surface area contributed by atoms with Gasteiger partial charge in [0.2, 0.25) is 0 Å². The minimum Gasteiger partial charge on any atom is -0.497 e. The Morgan fingerprint density at radius 1 is 1.12 bits per heavy atom. The van der Waals surface area contributed by atoms with Gasteiger partial charge in [0.15, 0.2) is 0 Å². The topological polar surface area (TPSA) is 47.0 Å². The minimum absolute atomic E-state index is 0.618. The highest BCUT2D eigenvalue weighted by molar-refractivity contribution is 5.46. The average molecular weight is 215 g/mol. The van der Waals surface area contributed by atoms with Gasteiger partial charge in [0.1, 0.15) is 11.6 Å². The highest BCUT2D eigenvalue weighted by Crippen LogP contribution is 2.15. The number of nitrogens with one attached hydrogen (secondary N) is 1. The van der Waals surface area contributed by atoms with Crippen molar-refractivity contribution in [1.29, 1.82) is 0 Å². The molecule has 0 spiro atoms. The van der Waals surface area contributed by atoms with Crippen molar-refractivity contribution >= 4 is 5.69 Å². The Kier molecular flexibility index (Phi) is 3.33. The zero-order valence-corrected chi connectivity index (χ0v) is 9.05. The number of anilines is 1. The van der Waals surface area contributed by atoms with Gasteiger partial charge >= 0.3 is 0 Å². The third-order valence-corrected chi connectivity index (χ3v) is 2.16. The molecule has 1 N–H and O–H groups in total. The molecular weight excluding hydrogens is 202 g/mol. The molecule has 4 heteroatoms. The van der Waals surface area contributed by atoms with Crippen LogP contribution in [0.15, 0.2) is 42.7 Å². The first-order valence-corrected chi connectivity index (χ1v) is 5.02. The van der Waals surface area contributed by atoms with Gasteiger partial charge in [0, 0.05) is 18.1 Å². The second-order valence-electron chi connectivity index (χ2n) is 3.25. The van der Waals surface area contributed by atoms with Gasteiger partial charge in [-0.1, -0.05) is 0 Å². The highest BCUT2D eigenvalue weighted by Gasteiger charge is 1.96. The molecule has 1 aromatic heterocycles. The number of ether oxygens (including phenoxy) is 1. The lowest BCUT2D eigenvalue weighted by Gasteiger charge is -2.05. The number of rotatable bonds is 4. The second kappa shape index (κ2) is 5.11. The lowest BCUT2D eigenvalue weighted by atomic mass is 10.3. The van der Waals surface area contributed by atoms with E-state index in [1.165, 1.54) is 0 Å². The van der Waals surface area contributed by atoms with E-state index >= 15 is 0 Å². The van der Waals surface area contributed by atoms with Crippen molar-refractivity contribution in [3.05, 3.63) is 48.5 Å². The summed E-state index contributed by atoms with van der Waals surface area (Å²) in [6.07, 6.45) is 3.47. The van der Waals surface area contributed by atoms with Crippen molar-refractivity contribution < 1.29 is 4.74 Å². The summed E-state index contributed by atoms with van der Waals surface area (Å²) in [5.41, 5.74) is 1.02. The summed E-state index contributed by atoms with van der Waals surface area (Å²) in [6, 6.07) is 9.54. The van der Waals surface area contributed by atoms with Crippen LogP contribution < -0.4 is 10.1 Å². The van der Waals surface area contributed by atoms with Crippen molar-refractivity contribution in [2.75, 3.05) is 12.4 Å². The first kappa shape index (κ1) is 10.4. The molecule has 0 fully saturated rings. The van der Waals surface area contributed by atoms with E-state index in [2.05, 4.69) is 15.3 Å². The van der Waals surface area contributed by atoms with Crippen LogP contribution in [-0.2, 0) is 6.54 Å². The summed E-state index contributed by atoms with van der Waals surface area (Å²) in [5.74, 6) is 1.62. The Morgan fingerprint density at radius 3 is 2.44 bits per heavy atom. The highest BCUT2D eigenvalue weighted by atomic mass is 16.5. The monoisotopic (exact) mass is 215 g/mol.